The lowest BCUT2D eigenvalue weighted by Gasteiger charge is -2.17. The number of aliphatic hydroxyl groups excluding tert-OH is 1. The number of rotatable bonds is 8. The summed E-state index contributed by atoms with van der Waals surface area (Å²) in [6.07, 6.45) is 7.14. The number of hydrogen-bond acceptors (Lipinski definition) is 7. The van der Waals surface area contributed by atoms with Gasteiger partial charge >= 0.3 is 0 Å². The minimum atomic E-state index is 0.00351. The molecule has 3 N–H and O–H groups in total. The first-order valence-corrected chi connectivity index (χ1v) is 12.4. The van der Waals surface area contributed by atoms with Gasteiger partial charge in [0.15, 0.2) is 11.0 Å². The molecule has 8 heteroatoms. The molecule has 0 saturated carbocycles. The number of hydrogen-bond donors (Lipinski definition) is 3. The predicted molar refractivity (Wildman–Crippen MR) is 132 cm³/mol. The summed E-state index contributed by atoms with van der Waals surface area (Å²) < 4.78 is 7.18. The first kappa shape index (κ1) is 21.9. The highest BCUT2D eigenvalue weighted by Crippen LogP contribution is 2.33. The Balaban J connectivity index is 1.33. The van der Waals surface area contributed by atoms with Crippen molar-refractivity contribution in [2.24, 2.45) is 5.92 Å². The summed E-state index contributed by atoms with van der Waals surface area (Å²) >= 11 is 1.57. The predicted octanol–water partition coefficient (Wildman–Crippen LogP) is 5.57. The molecule has 33 heavy (non-hydrogen) atoms. The number of aliphatic hydroxyl groups is 1. The fourth-order valence-corrected chi connectivity index (χ4v) is 5.24. The van der Waals surface area contributed by atoms with Crippen molar-refractivity contribution in [3.05, 3.63) is 47.9 Å². The fraction of sp³-hybridized carbons (Fsp3) is 0.400. The molecule has 1 atom stereocenters. The molecule has 0 amide bonds. The van der Waals surface area contributed by atoms with Gasteiger partial charge in [0.25, 0.3) is 0 Å². The number of aryl methyl sites for hydroxylation is 2. The molecule has 4 aromatic rings. The van der Waals surface area contributed by atoms with Gasteiger partial charge in [-0.1, -0.05) is 25.2 Å². The maximum Gasteiger partial charge on any atom is 0.184 e. The zero-order chi connectivity index (χ0) is 22.8. The standard InChI is InChI=1S/C25H29N5O2S/c1-15(2)11-16(14-31)27-25-30-21-8-7-17(13-23(21)33-25)32-18-9-10-26-22(12-18)24-28-19-5-3-4-6-20(19)29-24/h7-10,12-13,15-16,31H,3-6,11,14H2,1-2H3,(H,27,30)(H,28,29)/t16-/m1/s1. The number of fused-ring (bicyclic) bond motifs is 2. The maximum absolute atomic E-state index is 9.65. The summed E-state index contributed by atoms with van der Waals surface area (Å²) in [7, 11) is 0. The second-order valence-corrected chi connectivity index (χ2v) is 10.0. The number of aromatic amines is 1. The van der Waals surface area contributed by atoms with Crippen molar-refractivity contribution in [2.75, 3.05) is 11.9 Å². The molecule has 5 rings (SSSR count). The largest absolute Gasteiger partial charge is 0.457 e. The van der Waals surface area contributed by atoms with E-state index in [9.17, 15) is 5.11 Å². The van der Waals surface area contributed by atoms with E-state index in [1.165, 1.54) is 24.2 Å². The molecule has 0 unspecified atom stereocenters. The highest BCUT2D eigenvalue weighted by atomic mass is 32.1. The number of thiazole rings is 1. The third kappa shape index (κ3) is 5.02. The van der Waals surface area contributed by atoms with Crippen LogP contribution in [-0.2, 0) is 12.8 Å². The number of pyridine rings is 1. The van der Waals surface area contributed by atoms with Gasteiger partial charge in [0.1, 0.15) is 17.2 Å². The summed E-state index contributed by atoms with van der Waals surface area (Å²) in [5, 5.41) is 13.8. The second kappa shape index (κ2) is 9.49. The summed E-state index contributed by atoms with van der Waals surface area (Å²) in [6, 6.07) is 9.67. The van der Waals surface area contributed by atoms with Crippen molar-refractivity contribution in [2.45, 2.75) is 52.0 Å². The monoisotopic (exact) mass is 463 g/mol. The van der Waals surface area contributed by atoms with E-state index < -0.39 is 0 Å². The molecule has 0 radical (unpaired) electrons. The van der Waals surface area contributed by atoms with Crippen molar-refractivity contribution in [1.29, 1.82) is 0 Å². The molecule has 0 fully saturated rings. The van der Waals surface area contributed by atoms with Crippen molar-refractivity contribution in [3.63, 3.8) is 0 Å². The van der Waals surface area contributed by atoms with Gasteiger partial charge in [0.2, 0.25) is 0 Å². The summed E-state index contributed by atoms with van der Waals surface area (Å²) in [5.74, 6) is 2.77. The zero-order valence-corrected chi connectivity index (χ0v) is 19.8. The SMILES string of the molecule is CC(C)C[C@H](CO)Nc1nc2ccc(Oc3ccnc(-c4nc5c([nH]4)CCCC5)c3)cc2s1. The molecule has 0 aliphatic heterocycles. The van der Waals surface area contributed by atoms with Crippen LogP contribution in [0.15, 0.2) is 36.5 Å². The van der Waals surface area contributed by atoms with Crippen LogP contribution in [0.2, 0.25) is 0 Å². The topological polar surface area (TPSA) is 95.9 Å². The van der Waals surface area contributed by atoms with E-state index in [4.69, 9.17) is 9.72 Å². The molecule has 7 nitrogen and oxygen atoms in total. The smallest absolute Gasteiger partial charge is 0.184 e. The molecule has 1 aromatic carbocycles. The number of imidazole rings is 1. The van der Waals surface area contributed by atoms with Gasteiger partial charge in [-0.3, -0.25) is 4.98 Å². The van der Waals surface area contributed by atoms with Crippen molar-refractivity contribution < 1.29 is 9.84 Å². The van der Waals surface area contributed by atoms with Crippen molar-refractivity contribution in [1.82, 2.24) is 19.9 Å². The van der Waals surface area contributed by atoms with Crippen molar-refractivity contribution in [3.8, 4) is 23.0 Å². The average Bonchev–Trinajstić information content (AvgIpc) is 3.42. The Labute approximate surface area is 197 Å². The van der Waals surface area contributed by atoms with Crippen molar-refractivity contribution >= 4 is 26.7 Å². The summed E-state index contributed by atoms with van der Waals surface area (Å²) in [5.41, 5.74) is 4.10. The maximum atomic E-state index is 9.65. The Morgan fingerprint density at radius 2 is 1.97 bits per heavy atom. The van der Waals surface area contributed by atoms with Gasteiger partial charge in [-0.2, -0.15) is 0 Å². The van der Waals surface area contributed by atoms with E-state index in [1.54, 1.807) is 17.5 Å². The Kier molecular flexibility index (Phi) is 6.28. The normalized spacial score (nSPS) is 14.4. The Bertz CT molecular complexity index is 1230. The summed E-state index contributed by atoms with van der Waals surface area (Å²) in [6.45, 7) is 4.39. The van der Waals surface area contributed by atoms with Crippen LogP contribution in [0.4, 0.5) is 5.13 Å². The van der Waals surface area contributed by atoms with Crippen LogP contribution in [-0.4, -0.2) is 37.7 Å². The third-order valence-corrected chi connectivity index (χ3v) is 6.78. The fourth-order valence-electron chi connectivity index (χ4n) is 4.27. The Hall–Kier alpha value is -2.97. The van der Waals surface area contributed by atoms with Gasteiger partial charge in [0, 0.05) is 24.0 Å². The highest BCUT2D eigenvalue weighted by Gasteiger charge is 2.17. The first-order chi connectivity index (χ1) is 16.1. The van der Waals surface area contributed by atoms with Gasteiger partial charge in [-0.05, 0) is 56.2 Å². The van der Waals surface area contributed by atoms with Crippen LogP contribution in [0.1, 0.15) is 44.5 Å². The Morgan fingerprint density at radius 3 is 2.79 bits per heavy atom. The van der Waals surface area contributed by atoms with Crippen LogP contribution in [0.3, 0.4) is 0 Å². The van der Waals surface area contributed by atoms with E-state index in [-0.39, 0.29) is 12.6 Å². The minimum Gasteiger partial charge on any atom is -0.457 e. The van der Waals surface area contributed by atoms with Crippen LogP contribution in [0, 0.1) is 5.92 Å². The molecule has 172 valence electrons. The van der Waals surface area contributed by atoms with E-state index in [2.05, 4.69) is 34.1 Å². The minimum absolute atomic E-state index is 0.00351. The van der Waals surface area contributed by atoms with Crippen LogP contribution in [0.25, 0.3) is 21.7 Å². The number of anilines is 1. The van der Waals surface area contributed by atoms with Gasteiger partial charge < -0.3 is 20.1 Å². The van der Waals surface area contributed by atoms with E-state index >= 15 is 0 Å². The van der Waals surface area contributed by atoms with Gasteiger partial charge in [0.05, 0.1) is 28.6 Å². The Morgan fingerprint density at radius 1 is 1.12 bits per heavy atom. The van der Waals surface area contributed by atoms with Crippen LogP contribution in [0.5, 0.6) is 11.5 Å². The highest BCUT2D eigenvalue weighted by molar-refractivity contribution is 7.22. The number of nitrogens with one attached hydrogen (secondary N) is 2. The molecule has 1 aliphatic carbocycles. The molecule has 0 bridgehead atoms. The van der Waals surface area contributed by atoms with Crippen LogP contribution < -0.4 is 10.1 Å². The zero-order valence-electron chi connectivity index (χ0n) is 19.0. The third-order valence-electron chi connectivity index (χ3n) is 5.83. The molecule has 3 heterocycles. The average molecular weight is 464 g/mol. The summed E-state index contributed by atoms with van der Waals surface area (Å²) in [4.78, 5) is 17.3. The molecular formula is C25H29N5O2S. The number of nitrogens with zero attached hydrogens (tertiary/aromatic N) is 3. The van der Waals surface area contributed by atoms with Crippen LogP contribution >= 0.6 is 11.3 Å². The quantitative estimate of drug-likeness (QED) is 0.316. The molecule has 3 aromatic heterocycles. The molecular weight excluding hydrogens is 434 g/mol. The number of H-pyrrole nitrogens is 1. The second-order valence-electron chi connectivity index (χ2n) is 9.00. The van der Waals surface area contributed by atoms with E-state index in [0.29, 0.717) is 11.7 Å². The molecule has 1 aliphatic rings. The number of benzene rings is 1. The number of aromatic nitrogens is 4. The lowest BCUT2D eigenvalue weighted by Crippen LogP contribution is -2.25. The number of ether oxygens (including phenoxy) is 1. The van der Waals surface area contributed by atoms with Gasteiger partial charge in [-0.25, -0.2) is 9.97 Å². The molecule has 0 saturated heterocycles. The molecule has 0 spiro atoms. The lowest BCUT2D eigenvalue weighted by atomic mass is 10.0. The van der Waals surface area contributed by atoms with E-state index in [0.717, 1.165) is 51.9 Å². The lowest BCUT2D eigenvalue weighted by molar-refractivity contribution is 0.259. The van der Waals surface area contributed by atoms with E-state index in [1.807, 2.05) is 30.3 Å². The first-order valence-electron chi connectivity index (χ1n) is 11.6. The van der Waals surface area contributed by atoms with Gasteiger partial charge in [-0.15, -0.1) is 0 Å².